The molecule has 16 heavy (non-hydrogen) atoms. The number of rotatable bonds is 3. The molecule has 0 saturated carbocycles. The number of nitrogens with zero attached hydrogens (tertiary/aromatic N) is 1. The van der Waals surface area contributed by atoms with Gasteiger partial charge in [-0.05, 0) is 50.1 Å². The molecule has 0 amide bonds. The Bertz CT molecular complexity index is 230. The van der Waals surface area contributed by atoms with Crippen LogP contribution in [-0.4, -0.2) is 49.1 Å². The fraction of sp³-hybridized carbons (Fsp3) is 1.00. The number of hydrogen-bond donors (Lipinski definition) is 1. The standard InChI is InChI=1S/C13H26N2S/c1-13(2)5-7-16-10-12(13)15-6-4-11(9-15)8-14-3/h11-12,14H,4-10H2,1-3H3. The van der Waals surface area contributed by atoms with Gasteiger partial charge in [0.25, 0.3) is 0 Å². The third-order valence-electron chi connectivity index (χ3n) is 4.32. The molecule has 2 fully saturated rings. The van der Waals surface area contributed by atoms with Crippen molar-refractivity contribution in [1.82, 2.24) is 10.2 Å². The van der Waals surface area contributed by atoms with Crippen molar-refractivity contribution in [3.05, 3.63) is 0 Å². The van der Waals surface area contributed by atoms with Crippen molar-refractivity contribution in [2.75, 3.05) is 38.2 Å². The molecule has 2 saturated heterocycles. The molecule has 2 heterocycles. The largest absolute Gasteiger partial charge is 0.319 e. The second-order valence-corrected chi connectivity index (χ2v) is 7.19. The summed E-state index contributed by atoms with van der Waals surface area (Å²) in [6.07, 6.45) is 2.77. The highest BCUT2D eigenvalue weighted by Crippen LogP contribution is 2.39. The minimum absolute atomic E-state index is 0.528. The molecule has 0 radical (unpaired) electrons. The van der Waals surface area contributed by atoms with E-state index in [0.29, 0.717) is 5.41 Å². The summed E-state index contributed by atoms with van der Waals surface area (Å²) in [7, 11) is 2.07. The zero-order chi connectivity index (χ0) is 11.6. The van der Waals surface area contributed by atoms with Crippen molar-refractivity contribution in [3.8, 4) is 0 Å². The predicted octanol–water partition coefficient (Wildman–Crippen LogP) is 2.06. The van der Waals surface area contributed by atoms with Gasteiger partial charge in [-0.3, -0.25) is 4.90 Å². The van der Waals surface area contributed by atoms with Crippen LogP contribution in [0.4, 0.5) is 0 Å². The molecule has 2 atom stereocenters. The summed E-state index contributed by atoms with van der Waals surface area (Å²) < 4.78 is 0. The van der Waals surface area contributed by atoms with Crippen molar-refractivity contribution < 1.29 is 0 Å². The number of hydrogen-bond acceptors (Lipinski definition) is 3. The normalized spacial score (nSPS) is 35.4. The van der Waals surface area contributed by atoms with E-state index in [1.54, 1.807) is 0 Å². The lowest BCUT2D eigenvalue weighted by molar-refractivity contribution is 0.117. The van der Waals surface area contributed by atoms with Crippen LogP contribution in [0.3, 0.4) is 0 Å². The third kappa shape index (κ3) is 2.74. The molecule has 1 N–H and O–H groups in total. The fourth-order valence-corrected chi connectivity index (χ4v) is 4.85. The average molecular weight is 242 g/mol. The molecule has 2 unspecified atom stereocenters. The molecular weight excluding hydrogens is 216 g/mol. The molecule has 0 aromatic carbocycles. The Balaban J connectivity index is 1.92. The maximum absolute atomic E-state index is 3.32. The summed E-state index contributed by atoms with van der Waals surface area (Å²) >= 11 is 2.15. The van der Waals surface area contributed by atoms with E-state index >= 15 is 0 Å². The van der Waals surface area contributed by atoms with Gasteiger partial charge in [0.05, 0.1) is 0 Å². The van der Waals surface area contributed by atoms with Gasteiger partial charge in [0, 0.05) is 18.3 Å². The van der Waals surface area contributed by atoms with Crippen LogP contribution >= 0.6 is 11.8 Å². The van der Waals surface area contributed by atoms with E-state index in [4.69, 9.17) is 0 Å². The van der Waals surface area contributed by atoms with E-state index in [0.717, 1.165) is 12.0 Å². The maximum atomic E-state index is 3.32. The van der Waals surface area contributed by atoms with Crippen molar-refractivity contribution in [3.63, 3.8) is 0 Å². The van der Waals surface area contributed by atoms with Crippen molar-refractivity contribution in [2.45, 2.75) is 32.7 Å². The van der Waals surface area contributed by atoms with E-state index in [2.05, 4.69) is 42.9 Å². The van der Waals surface area contributed by atoms with Crippen molar-refractivity contribution in [1.29, 1.82) is 0 Å². The van der Waals surface area contributed by atoms with Gasteiger partial charge in [-0.2, -0.15) is 11.8 Å². The van der Waals surface area contributed by atoms with Crippen LogP contribution in [0.25, 0.3) is 0 Å². The highest BCUT2D eigenvalue weighted by atomic mass is 32.2. The van der Waals surface area contributed by atoms with Crippen LogP contribution in [0.1, 0.15) is 26.7 Å². The Morgan fingerprint density at radius 3 is 2.94 bits per heavy atom. The van der Waals surface area contributed by atoms with Crippen LogP contribution in [0.2, 0.25) is 0 Å². The van der Waals surface area contributed by atoms with Crippen molar-refractivity contribution in [2.24, 2.45) is 11.3 Å². The molecule has 0 spiro atoms. The van der Waals surface area contributed by atoms with Crippen LogP contribution < -0.4 is 5.32 Å². The number of nitrogens with one attached hydrogen (secondary N) is 1. The Kier molecular flexibility index (Phi) is 4.20. The topological polar surface area (TPSA) is 15.3 Å². The van der Waals surface area contributed by atoms with E-state index < -0.39 is 0 Å². The van der Waals surface area contributed by atoms with E-state index in [-0.39, 0.29) is 0 Å². The van der Waals surface area contributed by atoms with Gasteiger partial charge in [0.2, 0.25) is 0 Å². The summed E-state index contributed by atoms with van der Waals surface area (Å²) in [5.41, 5.74) is 0.528. The average Bonchev–Trinajstić information content (AvgIpc) is 2.66. The SMILES string of the molecule is CNCC1CCN(C2CSCCC2(C)C)C1. The Hall–Kier alpha value is 0.270. The van der Waals surface area contributed by atoms with Gasteiger partial charge in [0.1, 0.15) is 0 Å². The second kappa shape index (κ2) is 5.28. The first kappa shape index (κ1) is 12.7. The molecule has 2 nitrogen and oxygen atoms in total. The van der Waals surface area contributed by atoms with Crippen LogP contribution in [0, 0.1) is 11.3 Å². The molecule has 0 aromatic heterocycles. The maximum Gasteiger partial charge on any atom is 0.0237 e. The lowest BCUT2D eigenvalue weighted by Gasteiger charge is -2.43. The van der Waals surface area contributed by atoms with E-state index in [1.807, 2.05) is 0 Å². The molecule has 0 aromatic rings. The summed E-state index contributed by atoms with van der Waals surface area (Å²) in [6, 6.07) is 0.813. The summed E-state index contributed by atoms with van der Waals surface area (Å²) in [6.45, 7) is 8.75. The zero-order valence-electron chi connectivity index (χ0n) is 11.0. The van der Waals surface area contributed by atoms with Crippen LogP contribution in [0.5, 0.6) is 0 Å². The molecule has 2 rings (SSSR count). The minimum atomic E-state index is 0.528. The molecule has 2 aliphatic rings. The fourth-order valence-electron chi connectivity index (χ4n) is 3.12. The second-order valence-electron chi connectivity index (χ2n) is 6.04. The van der Waals surface area contributed by atoms with Gasteiger partial charge in [0.15, 0.2) is 0 Å². The molecule has 94 valence electrons. The number of likely N-dealkylation sites (tertiary alicyclic amines) is 1. The lowest BCUT2D eigenvalue weighted by atomic mass is 9.81. The minimum Gasteiger partial charge on any atom is -0.319 e. The first-order chi connectivity index (χ1) is 7.63. The quantitative estimate of drug-likeness (QED) is 0.815. The lowest BCUT2D eigenvalue weighted by Crippen LogP contribution is -2.48. The van der Waals surface area contributed by atoms with Crippen LogP contribution in [0.15, 0.2) is 0 Å². The third-order valence-corrected chi connectivity index (χ3v) is 5.36. The Labute approximate surface area is 105 Å². The van der Waals surface area contributed by atoms with Gasteiger partial charge < -0.3 is 5.32 Å². The first-order valence-electron chi connectivity index (χ1n) is 6.60. The highest BCUT2D eigenvalue weighted by molar-refractivity contribution is 7.99. The smallest absolute Gasteiger partial charge is 0.0237 e. The Morgan fingerprint density at radius 2 is 2.25 bits per heavy atom. The summed E-state index contributed by atoms with van der Waals surface area (Å²) in [4.78, 5) is 2.76. The highest BCUT2D eigenvalue weighted by Gasteiger charge is 2.39. The van der Waals surface area contributed by atoms with Crippen LogP contribution in [-0.2, 0) is 0 Å². The van der Waals surface area contributed by atoms with E-state index in [1.165, 1.54) is 44.0 Å². The molecule has 0 aliphatic carbocycles. The molecule has 3 heteroatoms. The van der Waals surface area contributed by atoms with Gasteiger partial charge in [-0.1, -0.05) is 13.8 Å². The van der Waals surface area contributed by atoms with Gasteiger partial charge >= 0.3 is 0 Å². The van der Waals surface area contributed by atoms with E-state index in [9.17, 15) is 0 Å². The van der Waals surface area contributed by atoms with Gasteiger partial charge in [-0.25, -0.2) is 0 Å². The molecular formula is C13H26N2S. The molecule has 2 aliphatic heterocycles. The Morgan fingerprint density at radius 1 is 1.44 bits per heavy atom. The molecule has 0 bridgehead atoms. The summed E-state index contributed by atoms with van der Waals surface area (Å²) in [5.74, 6) is 3.59. The summed E-state index contributed by atoms with van der Waals surface area (Å²) in [5, 5.41) is 3.32. The first-order valence-corrected chi connectivity index (χ1v) is 7.75. The van der Waals surface area contributed by atoms with Crippen molar-refractivity contribution >= 4 is 11.8 Å². The predicted molar refractivity (Wildman–Crippen MR) is 73.1 cm³/mol. The van der Waals surface area contributed by atoms with Gasteiger partial charge in [-0.15, -0.1) is 0 Å². The zero-order valence-corrected chi connectivity index (χ0v) is 11.8. The monoisotopic (exact) mass is 242 g/mol. The number of thioether (sulfide) groups is 1.